The lowest BCUT2D eigenvalue weighted by Crippen LogP contribution is -2.23. The Balaban J connectivity index is 1.45. The maximum Gasteiger partial charge on any atom is 0.238 e. The van der Waals surface area contributed by atoms with Gasteiger partial charge in [0.15, 0.2) is 0 Å². The second-order valence-corrected chi connectivity index (χ2v) is 9.49. The largest absolute Gasteiger partial charge is 0.350 e. The van der Waals surface area contributed by atoms with E-state index in [1.165, 1.54) is 12.1 Å². The van der Waals surface area contributed by atoms with Gasteiger partial charge in [0.1, 0.15) is 11.5 Å². The van der Waals surface area contributed by atoms with Gasteiger partial charge in [0.2, 0.25) is 15.9 Å². The number of fused-ring (bicyclic) bond motifs is 2. The summed E-state index contributed by atoms with van der Waals surface area (Å²) >= 11 is 5.99. The zero-order valence-electron chi connectivity index (χ0n) is 17.5. The van der Waals surface area contributed by atoms with Crippen LogP contribution < -0.4 is 10.5 Å². The van der Waals surface area contributed by atoms with Crippen molar-refractivity contribution < 1.29 is 13.2 Å². The highest BCUT2D eigenvalue weighted by Crippen LogP contribution is 2.21. The average Bonchev–Trinajstić information content (AvgIpc) is 3.30. The molecule has 0 saturated heterocycles. The van der Waals surface area contributed by atoms with Crippen molar-refractivity contribution in [1.82, 2.24) is 24.3 Å². The third kappa shape index (κ3) is 4.77. The van der Waals surface area contributed by atoms with Gasteiger partial charge in [-0.25, -0.2) is 23.5 Å². The predicted molar refractivity (Wildman–Crippen MR) is 122 cm³/mol. The van der Waals surface area contributed by atoms with Gasteiger partial charge in [-0.2, -0.15) is 0 Å². The summed E-state index contributed by atoms with van der Waals surface area (Å²) in [5, 5.41) is 8.72. The first-order valence-electron chi connectivity index (χ1n) is 10.2. The van der Waals surface area contributed by atoms with Crippen LogP contribution in [0.1, 0.15) is 31.3 Å². The van der Waals surface area contributed by atoms with Crippen LogP contribution in [0.15, 0.2) is 47.6 Å². The Bertz CT molecular complexity index is 1410. The van der Waals surface area contributed by atoms with E-state index in [0.717, 1.165) is 29.1 Å². The molecule has 0 aliphatic rings. The summed E-state index contributed by atoms with van der Waals surface area (Å²) in [5.41, 5.74) is 2.85. The fraction of sp³-hybridized carbons (Fsp3) is 0.286. The number of nitrogens with one attached hydrogen (secondary N) is 1. The molecule has 4 rings (SSSR count). The molecule has 4 aromatic rings. The molecule has 168 valence electrons. The van der Waals surface area contributed by atoms with Gasteiger partial charge in [-0.3, -0.25) is 4.79 Å². The van der Waals surface area contributed by atoms with Gasteiger partial charge in [-0.05, 0) is 36.8 Å². The summed E-state index contributed by atoms with van der Waals surface area (Å²) in [6, 6.07) is 8.23. The summed E-state index contributed by atoms with van der Waals surface area (Å²) in [5.74, 6) is 0.603. The van der Waals surface area contributed by atoms with Crippen LogP contribution in [0.2, 0.25) is 5.02 Å². The zero-order chi connectivity index (χ0) is 22.9. The van der Waals surface area contributed by atoms with Crippen molar-refractivity contribution in [1.29, 1.82) is 0 Å². The molecule has 11 heteroatoms. The number of nitrogens with zero attached hydrogens (tertiary/aromatic N) is 4. The highest BCUT2D eigenvalue weighted by Gasteiger charge is 2.15. The van der Waals surface area contributed by atoms with Crippen molar-refractivity contribution in [3.05, 3.63) is 59.3 Å². The maximum atomic E-state index is 12.4. The van der Waals surface area contributed by atoms with Crippen LogP contribution in [0.3, 0.4) is 0 Å². The Kier molecular flexibility index (Phi) is 6.18. The monoisotopic (exact) mass is 474 g/mol. The minimum absolute atomic E-state index is 0.0178. The van der Waals surface area contributed by atoms with E-state index in [9.17, 15) is 13.2 Å². The SMILES string of the molecule is CCCn1c(CCC(=O)NCc2cn3cc(Cl)ccc3n2)nc2cc(S(N)(=O)=O)ccc21. The summed E-state index contributed by atoms with van der Waals surface area (Å²) in [4.78, 5) is 21.5. The molecule has 0 aliphatic heterocycles. The first kappa shape index (κ1) is 22.3. The minimum atomic E-state index is -3.81. The minimum Gasteiger partial charge on any atom is -0.350 e. The predicted octanol–water partition coefficient (Wildman–Crippen LogP) is 2.64. The van der Waals surface area contributed by atoms with Crippen molar-refractivity contribution in [3.63, 3.8) is 0 Å². The van der Waals surface area contributed by atoms with Crippen molar-refractivity contribution in [2.45, 2.75) is 44.2 Å². The molecule has 0 aliphatic carbocycles. The van der Waals surface area contributed by atoms with Gasteiger partial charge in [-0.1, -0.05) is 18.5 Å². The number of halogens is 1. The van der Waals surface area contributed by atoms with Crippen LogP contribution in [-0.2, 0) is 34.3 Å². The molecule has 1 amide bonds. The number of imidazole rings is 2. The summed E-state index contributed by atoms with van der Waals surface area (Å²) in [6.45, 7) is 3.07. The van der Waals surface area contributed by atoms with E-state index >= 15 is 0 Å². The number of benzene rings is 1. The van der Waals surface area contributed by atoms with Crippen LogP contribution in [-0.4, -0.2) is 33.3 Å². The number of aromatic nitrogens is 4. The number of nitrogens with two attached hydrogens (primary N) is 1. The van der Waals surface area contributed by atoms with E-state index in [-0.39, 0.29) is 17.2 Å². The summed E-state index contributed by atoms with van der Waals surface area (Å²) < 4.78 is 27.1. The fourth-order valence-corrected chi connectivity index (χ4v) is 4.31. The third-order valence-electron chi connectivity index (χ3n) is 5.08. The molecule has 0 saturated carbocycles. The number of hydrogen-bond donors (Lipinski definition) is 2. The van der Waals surface area contributed by atoms with Gasteiger partial charge >= 0.3 is 0 Å². The first-order valence-corrected chi connectivity index (χ1v) is 12.1. The highest BCUT2D eigenvalue weighted by molar-refractivity contribution is 7.89. The van der Waals surface area contributed by atoms with Crippen LogP contribution in [0.4, 0.5) is 0 Å². The lowest BCUT2D eigenvalue weighted by atomic mass is 10.2. The van der Waals surface area contributed by atoms with Gasteiger partial charge in [0.25, 0.3) is 0 Å². The number of carbonyl (C=O) groups excluding carboxylic acids is 1. The highest BCUT2D eigenvalue weighted by atomic mass is 35.5. The van der Waals surface area contributed by atoms with Crippen molar-refractivity contribution in [3.8, 4) is 0 Å². The van der Waals surface area contributed by atoms with Crippen LogP contribution in [0.5, 0.6) is 0 Å². The number of rotatable bonds is 8. The van der Waals surface area contributed by atoms with E-state index in [1.807, 2.05) is 28.2 Å². The number of aryl methyl sites for hydroxylation is 2. The van der Waals surface area contributed by atoms with E-state index in [0.29, 0.717) is 30.0 Å². The molecule has 3 N–H and O–H groups in total. The second-order valence-electron chi connectivity index (χ2n) is 7.50. The number of primary sulfonamides is 1. The lowest BCUT2D eigenvalue weighted by molar-refractivity contribution is -0.121. The van der Waals surface area contributed by atoms with Crippen molar-refractivity contribution >= 4 is 44.2 Å². The Hall–Kier alpha value is -2.95. The third-order valence-corrected chi connectivity index (χ3v) is 6.22. The van der Waals surface area contributed by atoms with E-state index in [1.54, 1.807) is 18.3 Å². The molecular formula is C21H23ClN6O3S. The second kappa shape index (κ2) is 8.89. The summed E-state index contributed by atoms with van der Waals surface area (Å²) in [6.07, 6.45) is 5.12. The van der Waals surface area contributed by atoms with Crippen LogP contribution in [0, 0.1) is 0 Å². The average molecular weight is 475 g/mol. The number of carbonyl (C=O) groups is 1. The Labute approximate surface area is 190 Å². The molecule has 0 bridgehead atoms. The molecule has 0 unspecified atom stereocenters. The van der Waals surface area contributed by atoms with Gasteiger partial charge in [0.05, 0.1) is 33.2 Å². The normalized spacial score (nSPS) is 12.0. The molecule has 9 nitrogen and oxygen atoms in total. The number of hydrogen-bond acceptors (Lipinski definition) is 5. The first-order chi connectivity index (χ1) is 15.2. The molecule has 32 heavy (non-hydrogen) atoms. The lowest BCUT2D eigenvalue weighted by Gasteiger charge is -2.08. The zero-order valence-corrected chi connectivity index (χ0v) is 19.0. The number of sulfonamides is 1. The smallest absolute Gasteiger partial charge is 0.238 e. The van der Waals surface area contributed by atoms with Gasteiger partial charge < -0.3 is 14.3 Å². The van der Waals surface area contributed by atoms with E-state index in [2.05, 4.69) is 15.3 Å². The number of pyridine rings is 1. The molecule has 0 radical (unpaired) electrons. The Morgan fingerprint density at radius 2 is 2.00 bits per heavy atom. The Morgan fingerprint density at radius 1 is 1.19 bits per heavy atom. The topological polar surface area (TPSA) is 124 Å². The van der Waals surface area contributed by atoms with Crippen molar-refractivity contribution in [2.24, 2.45) is 5.14 Å². The van der Waals surface area contributed by atoms with Gasteiger partial charge in [0, 0.05) is 31.8 Å². The standard InChI is InChI=1S/C21H23ClN6O3S/c1-2-9-28-18-5-4-16(32(23,30)31)10-17(18)26-20(28)7-8-21(29)24-11-15-13-27-12-14(22)3-6-19(27)25-15/h3-6,10,12-13H,2,7-9,11H2,1H3,(H,24,29)(H2,23,30,31). The van der Waals surface area contributed by atoms with E-state index < -0.39 is 10.0 Å². The molecule has 0 atom stereocenters. The molecule has 3 aromatic heterocycles. The fourth-order valence-electron chi connectivity index (χ4n) is 3.61. The molecule has 0 fully saturated rings. The summed E-state index contributed by atoms with van der Waals surface area (Å²) in [7, 11) is -3.81. The van der Waals surface area contributed by atoms with Gasteiger partial charge in [-0.15, -0.1) is 0 Å². The molecule has 3 heterocycles. The quantitative estimate of drug-likeness (QED) is 0.406. The molecule has 0 spiro atoms. The van der Waals surface area contributed by atoms with Crippen LogP contribution >= 0.6 is 11.6 Å². The maximum absolute atomic E-state index is 12.4. The van der Waals surface area contributed by atoms with Crippen molar-refractivity contribution in [2.75, 3.05) is 0 Å². The van der Waals surface area contributed by atoms with E-state index in [4.69, 9.17) is 16.7 Å². The number of amides is 1. The Morgan fingerprint density at radius 3 is 2.75 bits per heavy atom. The molecular weight excluding hydrogens is 452 g/mol. The molecule has 1 aromatic carbocycles. The van der Waals surface area contributed by atoms with Crippen LogP contribution in [0.25, 0.3) is 16.7 Å².